The fourth-order valence-corrected chi connectivity index (χ4v) is 1.57. The van der Waals surface area contributed by atoms with Gasteiger partial charge in [-0.3, -0.25) is 4.79 Å². The minimum absolute atomic E-state index is 0.0330. The van der Waals surface area contributed by atoms with Crippen LogP contribution in [0, 0.1) is 11.8 Å². The molecule has 2 atom stereocenters. The van der Waals surface area contributed by atoms with Crippen LogP contribution >= 0.6 is 0 Å². The number of allylic oxidation sites excluding steroid dienone is 1. The molecular weight excluding hydrogens is 172 g/mol. The highest BCUT2D eigenvalue weighted by Crippen LogP contribution is 2.29. The molecule has 0 amide bonds. The van der Waals surface area contributed by atoms with Crippen molar-refractivity contribution in [2.45, 2.75) is 19.8 Å². The molecule has 2 unspecified atom stereocenters. The maximum Gasteiger partial charge on any atom is 0.332 e. The summed E-state index contributed by atoms with van der Waals surface area (Å²) in [6.45, 7) is 1.92. The van der Waals surface area contributed by atoms with E-state index in [0.717, 1.165) is 0 Å². The van der Waals surface area contributed by atoms with Crippen LogP contribution in [0.1, 0.15) is 19.8 Å². The van der Waals surface area contributed by atoms with E-state index in [1.807, 2.05) is 6.92 Å². The number of hydrogen-bond donors (Lipinski definition) is 2. The predicted octanol–water partition coefficient (Wildman–Crippen LogP) is 1.13. The molecular formula is C9H12O4. The summed E-state index contributed by atoms with van der Waals surface area (Å²) in [6, 6.07) is 0. The Balaban J connectivity index is 2.90. The smallest absolute Gasteiger partial charge is 0.332 e. The quantitative estimate of drug-likeness (QED) is 0.674. The zero-order valence-corrected chi connectivity index (χ0v) is 7.36. The fraction of sp³-hybridized carbons (Fsp3) is 0.556. The summed E-state index contributed by atoms with van der Waals surface area (Å²) in [6.07, 6.45) is 2.61. The number of carboxylic acid groups (broad SMARTS) is 2. The molecule has 4 nitrogen and oxygen atoms in total. The van der Waals surface area contributed by atoms with Crippen molar-refractivity contribution >= 4 is 11.9 Å². The first-order chi connectivity index (χ1) is 6.02. The third-order valence-electron chi connectivity index (χ3n) is 2.30. The highest BCUT2D eigenvalue weighted by molar-refractivity contribution is 5.94. The Kier molecular flexibility index (Phi) is 2.70. The van der Waals surface area contributed by atoms with Gasteiger partial charge >= 0.3 is 11.9 Å². The van der Waals surface area contributed by atoms with Crippen LogP contribution in [0.25, 0.3) is 0 Å². The summed E-state index contributed by atoms with van der Waals surface area (Å²) in [4.78, 5) is 21.4. The molecule has 0 aromatic rings. The topological polar surface area (TPSA) is 74.6 Å². The van der Waals surface area contributed by atoms with Crippen molar-refractivity contribution in [1.82, 2.24) is 0 Å². The van der Waals surface area contributed by atoms with Gasteiger partial charge in [0.25, 0.3) is 0 Å². The first-order valence-corrected chi connectivity index (χ1v) is 4.18. The fourth-order valence-electron chi connectivity index (χ4n) is 1.57. The second-order valence-corrected chi connectivity index (χ2v) is 3.43. The summed E-state index contributed by atoms with van der Waals surface area (Å²) < 4.78 is 0. The molecule has 0 aromatic heterocycles. The first-order valence-electron chi connectivity index (χ1n) is 4.18. The number of rotatable bonds is 2. The van der Waals surface area contributed by atoms with Gasteiger partial charge in [-0.2, -0.15) is 0 Å². The molecule has 0 saturated carbocycles. The summed E-state index contributed by atoms with van der Waals surface area (Å²) in [5.41, 5.74) is 0.0330. The van der Waals surface area contributed by atoms with Crippen LogP contribution in [0.2, 0.25) is 0 Å². The van der Waals surface area contributed by atoms with E-state index in [1.165, 1.54) is 6.08 Å². The Bertz CT molecular complexity index is 267. The normalized spacial score (nSPS) is 27.9. The van der Waals surface area contributed by atoms with Crippen molar-refractivity contribution < 1.29 is 19.8 Å². The Labute approximate surface area is 75.9 Å². The van der Waals surface area contributed by atoms with Gasteiger partial charge in [0.05, 0.1) is 5.92 Å². The highest BCUT2D eigenvalue weighted by atomic mass is 16.4. The van der Waals surface area contributed by atoms with Gasteiger partial charge in [0.2, 0.25) is 0 Å². The number of carboxylic acids is 2. The highest BCUT2D eigenvalue weighted by Gasteiger charge is 2.31. The number of hydrogen-bond acceptors (Lipinski definition) is 2. The number of aliphatic carboxylic acids is 2. The second-order valence-electron chi connectivity index (χ2n) is 3.43. The Morgan fingerprint density at radius 1 is 1.46 bits per heavy atom. The molecule has 1 aliphatic carbocycles. The molecule has 0 fully saturated rings. The van der Waals surface area contributed by atoms with Gasteiger partial charge in [0.15, 0.2) is 0 Å². The van der Waals surface area contributed by atoms with Crippen LogP contribution in [0.15, 0.2) is 11.6 Å². The SMILES string of the molecule is CC1CC=C(C(=O)O)C(C(=O)O)C1. The molecule has 13 heavy (non-hydrogen) atoms. The lowest BCUT2D eigenvalue weighted by atomic mass is 9.82. The molecule has 0 radical (unpaired) electrons. The summed E-state index contributed by atoms with van der Waals surface area (Å²) in [5, 5.41) is 17.5. The second kappa shape index (κ2) is 3.60. The van der Waals surface area contributed by atoms with E-state index in [4.69, 9.17) is 10.2 Å². The van der Waals surface area contributed by atoms with Crippen LogP contribution < -0.4 is 0 Å². The van der Waals surface area contributed by atoms with Crippen LogP contribution in [0.3, 0.4) is 0 Å². The van der Waals surface area contributed by atoms with Gasteiger partial charge in [0, 0.05) is 5.57 Å². The lowest BCUT2D eigenvalue weighted by molar-refractivity contribution is -0.144. The van der Waals surface area contributed by atoms with E-state index in [-0.39, 0.29) is 11.5 Å². The molecule has 72 valence electrons. The van der Waals surface area contributed by atoms with Crippen molar-refractivity contribution in [2.24, 2.45) is 11.8 Å². The Hall–Kier alpha value is -1.32. The van der Waals surface area contributed by atoms with E-state index in [1.54, 1.807) is 0 Å². The molecule has 0 saturated heterocycles. The predicted molar refractivity (Wildman–Crippen MR) is 45.2 cm³/mol. The zero-order valence-electron chi connectivity index (χ0n) is 7.36. The molecule has 1 rings (SSSR count). The van der Waals surface area contributed by atoms with Crippen molar-refractivity contribution in [3.8, 4) is 0 Å². The zero-order chi connectivity index (χ0) is 10.0. The first kappa shape index (κ1) is 9.77. The molecule has 0 heterocycles. The van der Waals surface area contributed by atoms with E-state index >= 15 is 0 Å². The van der Waals surface area contributed by atoms with Crippen LogP contribution in [0.5, 0.6) is 0 Å². The Morgan fingerprint density at radius 2 is 2.08 bits per heavy atom. The van der Waals surface area contributed by atoms with Gasteiger partial charge in [-0.05, 0) is 18.8 Å². The van der Waals surface area contributed by atoms with Gasteiger partial charge in [-0.25, -0.2) is 4.79 Å². The minimum Gasteiger partial charge on any atom is -0.481 e. The summed E-state index contributed by atoms with van der Waals surface area (Å²) >= 11 is 0. The lowest BCUT2D eigenvalue weighted by Crippen LogP contribution is -2.26. The van der Waals surface area contributed by atoms with Gasteiger partial charge < -0.3 is 10.2 Å². The third-order valence-corrected chi connectivity index (χ3v) is 2.30. The van der Waals surface area contributed by atoms with Crippen LogP contribution in [-0.4, -0.2) is 22.2 Å². The van der Waals surface area contributed by atoms with Gasteiger partial charge in [-0.1, -0.05) is 13.0 Å². The van der Waals surface area contributed by atoms with Crippen molar-refractivity contribution in [3.63, 3.8) is 0 Å². The largest absolute Gasteiger partial charge is 0.481 e. The maximum atomic E-state index is 10.7. The third kappa shape index (κ3) is 2.08. The van der Waals surface area contributed by atoms with Gasteiger partial charge in [-0.15, -0.1) is 0 Å². The van der Waals surface area contributed by atoms with E-state index in [9.17, 15) is 9.59 Å². The monoisotopic (exact) mass is 184 g/mol. The number of carbonyl (C=O) groups is 2. The maximum absolute atomic E-state index is 10.7. The molecule has 0 spiro atoms. The van der Waals surface area contributed by atoms with Crippen molar-refractivity contribution in [3.05, 3.63) is 11.6 Å². The molecule has 1 aliphatic rings. The standard InChI is InChI=1S/C9H12O4/c1-5-2-3-6(8(10)11)7(4-5)9(12)13/h3,5,7H,2,4H2,1H3,(H,10,11)(H,12,13). The average Bonchev–Trinajstić information content (AvgIpc) is 2.03. The Morgan fingerprint density at radius 3 is 2.54 bits per heavy atom. The molecule has 0 aromatic carbocycles. The molecule has 0 bridgehead atoms. The van der Waals surface area contributed by atoms with E-state index < -0.39 is 17.9 Å². The molecule has 2 N–H and O–H groups in total. The van der Waals surface area contributed by atoms with Crippen LogP contribution in [0.4, 0.5) is 0 Å². The lowest BCUT2D eigenvalue weighted by Gasteiger charge is -2.22. The van der Waals surface area contributed by atoms with Crippen molar-refractivity contribution in [1.29, 1.82) is 0 Å². The van der Waals surface area contributed by atoms with Gasteiger partial charge in [0.1, 0.15) is 0 Å². The molecule has 4 heteroatoms. The van der Waals surface area contributed by atoms with Crippen molar-refractivity contribution in [2.75, 3.05) is 0 Å². The van der Waals surface area contributed by atoms with Crippen LogP contribution in [-0.2, 0) is 9.59 Å². The van der Waals surface area contributed by atoms with E-state index in [2.05, 4.69) is 0 Å². The summed E-state index contributed by atoms with van der Waals surface area (Å²) in [7, 11) is 0. The van der Waals surface area contributed by atoms with E-state index in [0.29, 0.717) is 12.8 Å². The molecule has 0 aliphatic heterocycles. The summed E-state index contributed by atoms with van der Waals surface area (Å²) in [5.74, 6) is -2.73. The minimum atomic E-state index is -1.11. The average molecular weight is 184 g/mol.